The van der Waals surface area contributed by atoms with Gasteiger partial charge in [-0.05, 0) is 23.6 Å². The lowest BCUT2D eigenvalue weighted by molar-refractivity contribution is -0.123. The largest absolute Gasteiger partial charge is 0.349 e. The predicted molar refractivity (Wildman–Crippen MR) is 105 cm³/mol. The van der Waals surface area contributed by atoms with Crippen LogP contribution >= 0.6 is 0 Å². The standard InChI is InChI=1S/C24H23NO/c1-17(18-11-5-2-6-12-18)25-24(26)23-21(19-13-7-3-8-14-19)22(23)20-15-9-4-10-16-20/h2-17,21-23H,1H3,(H,25,26)/t17-,21-,22-/m1/s1. The van der Waals surface area contributed by atoms with Crippen LogP contribution in [0.4, 0.5) is 0 Å². The van der Waals surface area contributed by atoms with Crippen molar-refractivity contribution in [2.75, 3.05) is 0 Å². The quantitative estimate of drug-likeness (QED) is 0.690. The molecule has 1 aliphatic carbocycles. The van der Waals surface area contributed by atoms with Crippen molar-refractivity contribution in [3.63, 3.8) is 0 Å². The molecule has 0 bridgehead atoms. The molecule has 3 atom stereocenters. The fourth-order valence-electron chi connectivity index (χ4n) is 3.95. The Kier molecular flexibility index (Phi) is 4.57. The van der Waals surface area contributed by atoms with Crippen LogP contribution in [0, 0.1) is 5.92 Å². The highest BCUT2D eigenvalue weighted by atomic mass is 16.2. The molecule has 0 radical (unpaired) electrons. The Morgan fingerprint density at radius 3 is 1.62 bits per heavy atom. The van der Waals surface area contributed by atoms with Crippen LogP contribution in [-0.4, -0.2) is 5.91 Å². The smallest absolute Gasteiger partial charge is 0.224 e. The van der Waals surface area contributed by atoms with Gasteiger partial charge in [0.05, 0.1) is 12.0 Å². The van der Waals surface area contributed by atoms with Crippen LogP contribution in [-0.2, 0) is 4.79 Å². The minimum Gasteiger partial charge on any atom is -0.349 e. The molecule has 1 N–H and O–H groups in total. The van der Waals surface area contributed by atoms with E-state index in [1.807, 2.05) is 37.3 Å². The molecule has 1 fully saturated rings. The summed E-state index contributed by atoms with van der Waals surface area (Å²) in [6.07, 6.45) is 0. The van der Waals surface area contributed by atoms with Crippen molar-refractivity contribution >= 4 is 5.91 Å². The van der Waals surface area contributed by atoms with Crippen molar-refractivity contribution in [3.8, 4) is 0 Å². The molecule has 0 spiro atoms. The molecule has 3 aromatic rings. The maximum atomic E-state index is 13.0. The molecule has 0 aliphatic heterocycles. The fraction of sp³-hybridized carbons (Fsp3) is 0.208. The Balaban J connectivity index is 1.56. The Labute approximate surface area is 154 Å². The van der Waals surface area contributed by atoms with Gasteiger partial charge >= 0.3 is 0 Å². The lowest BCUT2D eigenvalue weighted by Gasteiger charge is -2.14. The summed E-state index contributed by atoms with van der Waals surface area (Å²) in [5.41, 5.74) is 3.62. The van der Waals surface area contributed by atoms with Gasteiger partial charge in [0.15, 0.2) is 0 Å². The summed E-state index contributed by atoms with van der Waals surface area (Å²) in [5, 5.41) is 3.22. The molecule has 2 nitrogen and oxygen atoms in total. The minimum atomic E-state index is -0.00837. The van der Waals surface area contributed by atoms with Crippen molar-refractivity contribution in [2.24, 2.45) is 5.92 Å². The minimum absolute atomic E-state index is 0.00837. The number of carbonyl (C=O) groups is 1. The van der Waals surface area contributed by atoms with E-state index in [-0.39, 0.29) is 29.7 Å². The molecule has 0 saturated heterocycles. The SMILES string of the molecule is C[C@@H](NC(=O)C1[C@H](c2ccccc2)[C@H]1c1ccccc1)c1ccccc1. The van der Waals surface area contributed by atoms with Crippen LogP contribution in [0.2, 0.25) is 0 Å². The molecule has 1 saturated carbocycles. The van der Waals surface area contributed by atoms with Gasteiger partial charge in [-0.25, -0.2) is 0 Å². The van der Waals surface area contributed by atoms with Crippen LogP contribution in [0.25, 0.3) is 0 Å². The third-order valence-corrected chi connectivity index (χ3v) is 5.35. The van der Waals surface area contributed by atoms with E-state index in [1.165, 1.54) is 11.1 Å². The Bertz CT molecular complexity index is 815. The zero-order valence-corrected chi connectivity index (χ0v) is 14.9. The molecule has 26 heavy (non-hydrogen) atoms. The molecule has 3 aromatic carbocycles. The molecule has 4 rings (SSSR count). The Morgan fingerprint density at radius 1 is 0.731 bits per heavy atom. The number of nitrogens with one attached hydrogen (secondary N) is 1. The number of rotatable bonds is 5. The van der Waals surface area contributed by atoms with Crippen LogP contribution in [0.3, 0.4) is 0 Å². The Morgan fingerprint density at radius 2 is 1.15 bits per heavy atom. The van der Waals surface area contributed by atoms with Crippen molar-refractivity contribution in [2.45, 2.75) is 24.8 Å². The summed E-state index contributed by atoms with van der Waals surface area (Å²) in [5.74, 6) is 0.637. The van der Waals surface area contributed by atoms with Crippen molar-refractivity contribution in [3.05, 3.63) is 108 Å². The maximum Gasteiger partial charge on any atom is 0.224 e. The van der Waals surface area contributed by atoms with Gasteiger partial charge in [-0.1, -0.05) is 91.0 Å². The van der Waals surface area contributed by atoms with E-state index in [0.29, 0.717) is 0 Å². The van der Waals surface area contributed by atoms with Gasteiger partial charge in [-0.3, -0.25) is 4.79 Å². The third kappa shape index (κ3) is 3.28. The topological polar surface area (TPSA) is 29.1 Å². The van der Waals surface area contributed by atoms with Crippen LogP contribution < -0.4 is 5.32 Å². The van der Waals surface area contributed by atoms with E-state index in [1.54, 1.807) is 0 Å². The maximum absolute atomic E-state index is 13.0. The summed E-state index contributed by atoms with van der Waals surface area (Å²) >= 11 is 0. The van der Waals surface area contributed by atoms with Gasteiger partial charge in [0.1, 0.15) is 0 Å². The first-order chi connectivity index (χ1) is 12.8. The average Bonchev–Trinajstić information content (AvgIpc) is 3.46. The van der Waals surface area contributed by atoms with Crippen LogP contribution in [0.1, 0.15) is 41.5 Å². The van der Waals surface area contributed by atoms with Gasteiger partial charge in [-0.2, -0.15) is 0 Å². The lowest BCUT2D eigenvalue weighted by Crippen LogP contribution is -2.28. The highest BCUT2D eigenvalue weighted by Gasteiger charge is 2.56. The number of hydrogen-bond acceptors (Lipinski definition) is 1. The summed E-state index contributed by atoms with van der Waals surface area (Å²) in [6.45, 7) is 2.05. The number of hydrogen-bond donors (Lipinski definition) is 1. The van der Waals surface area contributed by atoms with Gasteiger partial charge < -0.3 is 5.32 Å². The van der Waals surface area contributed by atoms with Crippen molar-refractivity contribution in [1.29, 1.82) is 0 Å². The number of amides is 1. The fourth-order valence-corrected chi connectivity index (χ4v) is 3.95. The second kappa shape index (κ2) is 7.17. The van der Waals surface area contributed by atoms with E-state index in [2.05, 4.69) is 66.0 Å². The lowest BCUT2D eigenvalue weighted by atomic mass is 10.0. The van der Waals surface area contributed by atoms with E-state index >= 15 is 0 Å². The zero-order chi connectivity index (χ0) is 17.9. The van der Waals surface area contributed by atoms with Crippen molar-refractivity contribution in [1.82, 2.24) is 5.32 Å². The first kappa shape index (κ1) is 16.6. The second-order valence-electron chi connectivity index (χ2n) is 7.04. The summed E-state index contributed by atoms with van der Waals surface area (Å²) in [7, 11) is 0. The normalized spacial score (nSPS) is 22.4. The Hall–Kier alpha value is -2.87. The van der Waals surface area contributed by atoms with Gasteiger partial charge in [-0.15, -0.1) is 0 Å². The summed E-state index contributed by atoms with van der Waals surface area (Å²) in [4.78, 5) is 13.0. The molecule has 2 heteroatoms. The number of carbonyl (C=O) groups excluding carboxylic acids is 1. The molecular formula is C24H23NO. The van der Waals surface area contributed by atoms with Gasteiger partial charge in [0.25, 0.3) is 0 Å². The highest BCUT2D eigenvalue weighted by molar-refractivity contribution is 5.85. The molecular weight excluding hydrogens is 318 g/mol. The average molecular weight is 341 g/mol. The first-order valence-corrected chi connectivity index (χ1v) is 9.21. The van der Waals surface area contributed by atoms with E-state index in [4.69, 9.17) is 0 Å². The van der Waals surface area contributed by atoms with Crippen molar-refractivity contribution < 1.29 is 4.79 Å². The van der Waals surface area contributed by atoms with E-state index in [0.717, 1.165) is 5.56 Å². The van der Waals surface area contributed by atoms with Crippen LogP contribution in [0.15, 0.2) is 91.0 Å². The first-order valence-electron chi connectivity index (χ1n) is 9.21. The number of benzene rings is 3. The highest BCUT2D eigenvalue weighted by Crippen LogP contribution is 2.60. The third-order valence-electron chi connectivity index (χ3n) is 5.35. The van der Waals surface area contributed by atoms with Gasteiger partial charge in [0.2, 0.25) is 5.91 Å². The monoisotopic (exact) mass is 341 g/mol. The zero-order valence-electron chi connectivity index (χ0n) is 14.9. The molecule has 0 aromatic heterocycles. The summed E-state index contributed by atoms with van der Waals surface area (Å²) < 4.78 is 0. The molecule has 1 amide bonds. The second-order valence-corrected chi connectivity index (χ2v) is 7.04. The summed E-state index contributed by atoms with van der Waals surface area (Å²) in [6, 6.07) is 30.9. The molecule has 1 aliphatic rings. The van der Waals surface area contributed by atoms with Gasteiger partial charge in [0, 0.05) is 11.8 Å². The van der Waals surface area contributed by atoms with E-state index in [9.17, 15) is 4.79 Å². The van der Waals surface area contributed by atoms with E-state index < -0.39 is 0 Å². The molecule has 0 unspecified atom stereocenters. The van der Waals surface area contributed by atoms with Crippen LogP contribution in [0.5, 0.6) is 0 Å². The molecule has 130 valence electrons. The molecule has 0 heterocycles. The predicted octanol–water partition coefficient (Wildman–Crippen LogP) is 5.06.